The van der Waals surface area contributed by atoms with Gasteiger partial charge in [0.25, 0.3) is 0 Å². The maximum Gasteiger partial charge on any atom is 0.407 e. The van der Waals surface area contributed by atoms with Gasteiger partial charge in [-0.1, -0.05) is 6.07 Å². The molecule has 1 aromatic rings. The van der Waals surface area contributed by atoms with Gasteiger partial charge in [-0.15, -0.1) is 0 Å². The third kappa shape index (κ3) is 4.95. The molecule has 122 valence electrons. The van der Waals surface area contributed by atoms with Gasteiger partial charge in [0.05, 0.1) is 4.47 Å². The first-order chi connectivity index (χ1) is 10.2. The van der Waals surface area contributed by atoms with Gasteiger partial charge < -0.3 is 15.4 Å². The molecule has 0 spiro atoms. The van der Waals surface area contributed by atoms with Gasteiger partial charge in [0.2, 0.25) is 0 Å². The number of halogens is 2. The second kappa shape index (κ2) is 6.96. The van der Waals surface area contributed by atoms with Crippen molar-refractivity contribution in [1.29, 1.82) is 0 Å². The standard InChI is InChI=1S/C16H22BrFN2O2/c1-16(2,3)22-15(21)20-11-6-7-19-14(9-11)10-4-5-12(17)13(18)8-10/h4-5,8,11,14,19H,6-7,9H2,1-3H3,(H,20,21). The van der Waals surface area contributed by atoms with Crippen LogP contribution in [0.2, 0.25) is 0 Å². The molecule has 2 N–H and O–H groups in total. The first-order valence-corrected chi connectivity index (χ1v) is 8.22. The molecule has 1 amide bonds. The molecule has 6 heteroatoms. The number of nitrogens with one attached hydrogen (secondary N) is 2. The topological polar surface area (TPSA) is 50.4 Å². The highest BCUT2D eigenvalue weighted by Gasteiger charge is 2.26. The number of ether oxygens (including phenoxy) is 1. The molecular formula is C16H22BrFN2O2. The van der Waals surface area contributed by atoms with Crippen molar-refractivity contribution in [2.24, 2.45) is 0 Å². The van der Waals surface area contributed by atoms with Crippen LogP contribution in [0.15, 0.2) is 22.7 Å². The molecule has 2 atom stereocenters. The molecular weight excluding hydrogens is 351 g/mol. The van der Waals surface area contributed by atoms with Crippen molar-refractivity contribution >= 4 is 22.0 Å². The van der Waals surface area contributed by atoms with E-state index in [1.807, 2.05) is 26.8 Å². The van der Waals surface area contributed by atoms with Crippen LogP contribution in [-0.2, 0) is 4.74 Å². The number of hydrogen-bond acceptors (Lipinski definition) is 3. The van der Waals surface area contributed by atoms with Gasteiger partial charge in [0.1, 0.15) is 11.4 Å². The largest absolute Gasteiger partial charge is 0.444 e. The fourth-order valence-electron chi connectivity index (χ4n) is 2.51. The summed E-state index contributed by atoms with van der Waals surface area (Å²) in [5.41, 5.74) is 0.377. The van der Waals surface area contributed by atoms with Crippen molar-refractivity contribution < 1.29 is 13.9 Å². The summed E-state index contributed by atoms with van der Waals surface area (Å²) in [6, 6.07) is 5.17. The molecule has 1 aliphatic rings. The average molecular weight is 373 g/mol. The molecule has 1 heterocycles. The van der Waals surface area contributed by atoms with E-state index in [9.17, 15) is 9.18 Å². The van der Waals surface area contributed by atoms with Gasteiger partial charge in [-0.3, -0.25) is 0 Å². The first kappa shape index (κ1) is 17.2. The van der Waals surface area contributed by atoms with E-state index in [1.54, 1.807) is 6.07 Å². The van der Waals surface area contributed by atoms with Crippen LogP contribution in [-0.4, -0.2) is 24.3 Å². The van der Waals surface area contributed by atoms with E-state index >= 15 is 0 Å². The molecule has 1 saturated heterocycles. The smallest absolute Gasteiger partial charge is 0.407 e. The van der Waals surface area contributed by atoms with Crippen LogP contribution in [0.5, 0.6) is 0 Å². The molecule has 0 saturated carbocycles. The minimum absolute atomic E-state index is 0.0211. The Kier molecular flexibility index (Phi) is 5.45. The molecule has 1 aliphatic heterocycles. The van der Waals surface area contributed by atoms with Crippen molar-refractivity contribution in [3.8, 4) is 0 Å². The van der Waals surface area contributed by atoms with Crippen LogP contribution in [0.3, 0.4) is 0 Å². The lowest BCUT2D eigenvalue weighted by molar-refractivity contribution is 0.0490. The fourth-order valence-corrected chi connectivity index (χ4v) is 2.75. The monoisotopic (exact) mass is 372 g/mol. The van der Waals surface area contributed by atoms with Crippen LogP contribution >= 0.6 is 15.9 Å². The molecule has 1 fully saturated rings. The second-order valence-electron chi connectivity index (χ2n) is 6.55. The number of carbonyl (C=O) groups excluding carboxylic acids is 1. The number of piperidine rings is 1. The van der Waals surface area contributed by atoms with E-state index < -0.39 is 11.7 Å². The normalized spacial score (nSPS) is 22.2. The minimum atomic E-state index is -0.509. The number of alkyl carbamates (subject to hydrolysis) is 1. The van der Waals surface area contributed by atoms with Crippen molar-refractivity contribution in [3.63, 3.8) is 0 Å². The van der Waals surface area contributed by atoms with Crippen molar-refractivity contribution in [1.82, 2.24) is 10.6 Å². The third-order valence-corrected chi connectivity index (χ3v) is 4.11. The summed E-state index contributed by atoms with van der Waals surface area (Å²) >= 11 is 3.16. The molecule has 22 heavy (non-hydrogen) atoms. The number of hydrogen-bond donors (Lipinski definition) is 2. The van der Waals surface area contributed by atoms with Gasteiger partial charge in [-0.05, 0) is 73.8 Å². The highest BCUT2D eigenvalue weighted by Crippen LogP contribution is 2.26. The van der Waals surface area contributed by atoms with Crippen LogP contribution in [0, 0.1) is 5.82 Å². The van der Waals surface area contributed by atoms with E-state index in [1.165, 1.54) is 6.07 Å². The van der Waals surface area contributed by atoms with Crippen LogP contribution in [0.25, 0.3) is 0 Å². The summed E-state index contributed by atoms with van der Waals surface area (Å²) in [7, 11) is 0. The van der Waals surface area contributed by atoms with E-state index in [0.717, 1.165) is 18.5 Å². The Bertz CT molecular complexity index is 545. The summed E-state index contributed by atoms with van der Waals surface area (Å²) in [4.78, 5) is 11.8. The molecule has 2 rings (SSSR count). The molecule has 0 aliphatic carbocycles. The number of amides is 1. The Hall–Kier alpha value is -1.14. The molecule has 1 aromatic carbocycles. The maximum atomic E-state index is 13.7. The lowest BCUT2D eigenvalue weighted by atomic mass is 9.94. The highest BCUT2D eigenvalue weighted by atomic mass is 79.9. The minimum Gasteiger partial charge on any atom is -0.444 e. The van der Waals surface area contributed by atoms with Crippen LogP contribution in [0.1, 0.15) is 45.2 Å². The highest BCUT2D eigenvalue weighted by molar-refractivity contribution is 9.10. The summed E-state index contributed by atoms with van der Waals surface area (Å²) in [5.74, 6) is -0.276. The zero-order valence-electron chi connectivity index (χ0n) is 13.1. The molecule has 2 unspecified atom stereocenters. The first-order valence-electron chi connectivity index (χ1n) is 7.42. The van der Waals surface area contributed by atoms with Gasteiger partial charge in [0.15, 0.2) is 0 Å². The number of rotatable bonds is 2. The van der Waals surface area contributed by atoms with Gasteiger partial charge in [0, 0.05) is 12.1 Å². The molecule has 4 nitrogen and oxygen atoms in total. The number of carbonyl (C=O) groups is 1. The summed E-state index contributed by atoms with van der Waals surface area (Å²) < 4.78 is 19.4. The van der Waals surface area contributed by atoms with Crippen molar-refractivity contribution in [3.05, 3.63) is 34.1 Å². The average Bonchev–Trinajstić information content (AvgIpc) is 2.40. The van der Waals surface area contributed by atoms with E-state index in [-0.39, 0.29) is 17.9 Å². The van der Waals surface area contributed by atoms with E-state index in [2.05, 4.69) is 26.6 Å². The zero-order valence-corrected chi connectivity index (χ0v) is 14.7. The maximum absolute atomic E-state index is 13.7. The van der Waals surface area contributed by atoms with Gasteiger partial charge in [-0.25, -0.2) is 9.18 Å². The Labute approximate surface area is 138 Å². The SMILES string of the molecule is CC(C)(C)OC(=O)NC1CCNC(c2ccc(Br)c(F)c2)C1. The van der Waals surface area contributed by atoms with Crippen LogP contribution < -0.4 is 10.6 Å². The fraction of sp³-hybridized carbons (Fsp3) is 0.562. The van der Waals surface area contributed by atoms with E-state index in [4.69, 9.17) is 4.74 Å². The lowest BCUT2D eigenvalue weighted by Crippen LogP contribution is -2.45. The summed E-state index contributed by atoms with van der Waals surface area (Å²) in [5, 5.41) is 6.26. The Morgan fingerprint density at radius 1 is 1.45 bits per heavy atom. The second-order valence-corrected chi connectivity index (χ2v) is 7.40. The van der Waals surface area contributed by atoms with Gasteiger partial charge >= 0.3 is 6.09 Å². The predicted octanol–water partition coefficient (Wildman–Crippen LogP) is 3.91. The van der Waals surface area contributed by atoms with Crippen molar-refractivity contribution in [2.45, 2.75) is 51.3 Å². The zero-order chi connectivity index (χ0) is 16.3. The predicted molar refractivity (Wildman–Crippen MR) is 87.2 cm³/mol. The van der Waals surface area contributed by atoms with Gasteiger partial charge in [-0.2, -0.15) is 0 Å². The van der Waals surface area contributed by atoms with Crippen molar-refractivity contribution in [2.75, 3.05) is 6.54 Å². The van der Waals surface area contributed by atoms with E-state index in [0.29, 0.717) is 10.9 Å². The van der Waals surface area contributed by atoms with Crippen LogP contribution in [0.4, 0.5) is 9.18 Å². The quantitative estimate of drug-likeness (QED) is 0.827. The molecule has 0 aromatic heterocycles. The lowest BCUT2D eigenvalue weighted by Gasteiger charge is -2.32. The Balaban J connectivity index is 1.96. The number of benzene rings is 1. The Morgan fingerprint density at radius 3 is 2.82 bits per heavy atom. The summed E-state index contributed by atoms with van der Waals surface area (Å²) in [6.45, 7) is 6.27. The Morgan fingerprint density at radius 2 is 2.18 bits per heavy atom. The third-order valence-electron chi connectivity index (χ3n) is 3.47. The molecule has 0 bridgehead atoms. The summed E-state index contributed by atoms with van der Waals surface area (Å²) in [6.07, 6.45) is 1.13. The molecule has 0 radical (unpaired) electrons.